The molecule has 1 aromatic carbocycles. The topological polar surface area (TPSA) is 58.4 Å². The summed E-state index contributed by atoms with van der Waals surface area (Å²) in [7, 11) is 0. The van der Waals surface area contributed by atoms with Gasteiger partial charge in [-0.3, -0.25) is 9.36 Å². The maximum atomic E-state index is 12.3. The number of aliphatic hydroxyl groups is 1. The fourth-order valence-corrected chi connectivity index (χ4v) is 2.87. The first-order valence-corrected chi connectivity index (χ1v) is 7.58. The van der Waals surface area contributed by atoms with Crippen LogP contribution < -0.4 is 5.56 Å². The lowest BCUT2D eigenvalue weighted by Crippen LogP contribution is -2.37. The van der Waals surface area contributed by atoms with Crippen LogP contribution >= 0.6 is 0 Å². The quantitative estimate of drug-likeness (QED) is 0.919. The van der Waals surface area contributed by atoms with E-state index in [-0.39, 0.29) is 11.7 Å². The number of hydrogen-bond acceptors (Lipinski definition) is 4. The zero-order chi connectivity index (χ0) is 14.7. The van der Waals surface area contributed by atoms with Crippen molar-refractivity contribution in [2.75, 3.05) is 19.6 Å². The third kappa shape index (κ3) is 3.31. The van der Waals surface area contributed by atoms with E-state index in [1.807, 2.05) is 24.3 Å². The SMILES string of the molecule is O=c1c2ccccc2ncn1CCCN1CCC(O)CC1. The molecule has 5 heteroatoms. The number of likely N-dealkylation sites (tertiary alicyclic amines) is 1. The van der Waals surface area contributed by atoms with Crippen LogP contribution in [-0.4, -0.2) is 45.3 Å². The first-order chi connectivity index (χ1) is 10.2. The van der Waals surface area contributed by atoms with Gasteiger partial charge >= 0.3 is 0 Å². The zero-order valence-electron chi connectivity index (χ0n) is 12.1. The summed E-state index contributed by atoms with van der Waals surface area (Å²) in [6, 6.07) is 7.45. The number of rotatable bonds is 4. The number of aryl methyl sites for hydroxylation is 1. The van der Waals surface area contributed by atoms with Gasteiger partial charge in [0.2, 0.25) is 0 Å². The van der Waals surface area contributed by atoms with Gasteiger partial charge in [0.1, 0.15) is 0 Å². The number of nitrogens with zero attached hydrogens (tertiary/aromatic N) is 3. The van der Waals surface area contributed by atoms with Crippen molar-refractivity contribution < 1.29 is 5.11 Å². The van der Waals surface area contributed by atoms with Crippen LogP contribution in [0.2, 0.25) is 0 Å². The third-order valence-electron chi connectivity index (χ3n) is 4.16. The van der Waals surface area contributed by atoms with E-state index in [0.717, 1.165) is 44.4 Å². The Morgan fingerprint density at radius 2 is 1.95 bits per heavy atom. The number of aliphatic hydroxyl groups excluding tert-OH is 1. The maximum absolute atomic E-state index is 12.3. The summed E-state index contributed by atoms with van der Waals surface area (Å²) in [4.78, 5) is 19.0. The molecule has 1 aliphatic heterocycles. The van der Waals surface area contributed by atoms with E-state index in [1.165, 1.54) is 0 Å². The monoisotopic (exact) mass is 287 g/mol. The lowest BCUT2D eigenvalue weighted by atomic mass is 10.1. The second-order valence-corrected chi connectivity index (χ2v) is 5.69. The van der Waals surface area contributed by atoms with Crippen molar-refractivity contribution in [3.8, 4) is 0 Å². The Bertz CT molecular complexity index is 660. The number of fused-ring (bicyclic) bond motifs is 1. The van der Waals surface area contributed by atoms with Crippen molar-refractivity contribution in [3.05, 3.63) is 40.9 Å². The minimum absolute atomic E-state index is 0.0367. The van der Waals surface area contributed by atoms with Crippen LogP contribution in [0.4, 0.5) is 0 Å². The zero-order valence-corrected chi connectivity index (χ0v) is 12.1. The summed E-state index contributed by atoms with van der Waals surface area (Å²) < 4.78 is 1.70. The van der Waals surface area contributed by atoms with Gasteiger partial charge in [-0.1, -0.05) is 12.1 Å². The molecule has 1 aliphatic rings. The van der Waals surface area contributed by atoms with Crippen LogP contribution in [-0.2, 0) is 6.54 Å². The van der Waals surface area contributed by atoms with Gasteiger partial charge in [0.05, 0.1) is 23.3 Å². The van der Waals surface area contributed by atoms with E-state index >= 15 is 0 Å². The van der Waals surface area contributed by atoms with E-state index in [0.29, 0.717) is 11.9 Å². The summed E-state index contributed by atoms with van der Waals surface area (Å²) in [5.41, 5.74) is 0.790. The van der Waals surface area contributed by atoms with Crippen molar-refractivity contribution in [1.82, 2.24) is 14.5 Å². The predicted octanol–water partition coefficient (Wildman–Crippen LogP) is 1.24. The first kappa shape index (κ1) is 14.2. The van der Waals surface area contributed by atoms with Gasteiger partial charge in [-0.2, -0.15) is 0 Å². The first-order valence-electron chi connectivity index (χ1n) is 7.58. The van der Waals surface area contributed by atoms with E-state index in [9.17, 15) is 9.90 Å². The van der Waals surface area contributed by atoms with Gasteiger partial charge in [-0.15, -0.1) is 0 Å². The summed E-state index contributed by atoms with van der Waals surface area (Å²) in [5.74, 6) is 0. The van der Waals surface area contributed by atoms with Gasteiger partial charge in [0, 0.05) is 19.6 Å². The maximum Gasteiger partial charge on any atom is 0.261 e. The summed E-state index contributed by atoms with van der Waals surface area (Å²) in [6.07, 6.45) is 4.16. The lowest BCUT2D eigenvalue weighted by Gasteiger charge is -2.29. The fourth-order valence-electron chi connectivity index (χ4n) is 2.87. The molecule has 1 saturated heterocycles. The average Bonchev–Trinajstić information content (AvgIpc) is 2.52. The highest BCUT2D eigenvalue weighted by molar-refractivity contribution is 5.76. The highest BCUT2D eigenvalue weighted by atomic mass is 16.3. The van der Waals surface area contributed by atoms with Crippen LogP contribution in [0.5, 0.6) is 0 Å². The molecule has 0 amide bonds. The third-order valence-corrected chi connectivity index (χ3v) is 4.16. The second kappa shape index (κ2) is 6.37. The molecule has 21 heavy (non-hydrogen) atoms. The Morgan fingerprint density at radius 3 is 2.76 bits per heavy atom. The van der Waals surface area contributed by atoms with Crippen molar-refractivity contribution in [3.63, 3.8) is 0 Å². The molecule has 0 radical (unpaired) electrons. The van der Waals surface area contributed by atoms with Crippen molar-refractivity contribution in [2.45, 2.75) is 31.9 Å². The Hall–Kier alpha value is -1.72. The van der Waals surface area contributed by atoms with Crippen molar-refractivity contribution >= 4 is 10.9 Å². The van der Waals surface area contributed by atoms with Gasteiger partial charge in [-0.05, 0) is 37.9 Å². The molecule has 3 rings (SSSR count). The number of hydrogen-bond donors (Lipinski definition) is 1. The van der Waals surface area contributed by atoms with Crippen molar-refractivity contribution in [1.29, 1.82) is 0 Å². The Kier molecular flexibility index (Phi) is 4.31. The lowest BCUT2D eigenvalue weighted by molar-refractivity contribution is 0.0815. The van der Waals surface area contributed by atoms with Gasteiger partial charge in [-0.25, -0.2) is 4.98 Å². The van der Waals surface area contributed by atoms with E-state index < -0.39 is 0 Å². The number of piperidine rings is 1. The van der Waals surface area contributed by atoms with E-state index in [1.54, 1.807) is 10.9 Å². The van der Waals surface area contributed by atoms with Crippen LogP contribution in [0.15, 0.2) is 35.4 Å². The van der Waals surface area contributed by atoms with E-state index in [4.69, 9.17) is 0 Å². The molecule has 0 bridgehead atoms. The van der Waals surface area contributed by atoms with Gasteiger partial charge in [0.25, 0.3) is 5.56 Å². The molecule has 0 spiro atoms. The molecule has 0 unspecified atom stereocenters. The van der Waals surface area contributed by atoms with Crippen LogP contribution in [0.25, 0.3) is 10.9 Å². The van der Waals surface area contributed by atoms with Crippen molar-refractivity contribution in [2.24, 2.45) is 0 Å². The molecular weight excluding hydrogens is 266 g/mol. The van der Waals surface area contributed by atoms with Gasteiger partial charge < -0.3 is 10.0 Å². The summed E-state index contributed by atoms with van der Waals surface area (Å²) in [5, 5.41) is 10.2. The van der Waals surface area contributed by atoms with Crippen LogP contribution in [0.1, 0.15) is 19.3 Å². The molecule has 1 N–H and O–H groups in total. The Balaban J connectivity index is 1.61. The fraction of sp³-hybridized carbons (Fsp3) is 0.500. The molecule has 1 aromatic heterocycles. The molecule has 5 nitrogen and oxygen atoms in total. The summed E-state index contributed by atoms with van der Waals surface area (Å²) in [6.45, 7) is 3.56. The largest absolute Gasteiger partial charge is 0.393 e. The molecule has 0 atom stereocenters. The highest BCUT2D eigenvalue weighted by Gasteiger charge is 2.16. The Morgan fingerprint density at radius 1 is 1.19 bits per heavy atom. The predicted molar refractivity (Wildman–Crippen MR) is 82.3 cm³/mol. The highest BCUT2D eigenvalue weighted by Crippen LogP contribution is 2.10. The normalized spacial score (nSPS) is 17.4. The second-order valence-electron chi connectivity index (χ2n) is 5.69. The molecule has 1 fully saturated rings. The number of aromatic nitrogens is 2. The minimum atomic E-state index is -0.131. The molecule has 2 aromatic rings. The standard InChI is InChI=1S/C16H21N3O2/c20-13-6-10-18(11-7-13)8-3-9-19-12-17-15-5-2-1-4-14(15)16(19)21/h1-2,4-5,12-13,20H,3,6-11H2. The van der Waals surface area contributed by atoms with E-state index in [2.05, 4.69) is 9.88 Å². The van der Waals surface area contributed by atoms with Crippen LogP contribution in [0.3, 0.4) is 0 Å². The molecule has 0 saturated carbocycles. The molecule has 0 aliphatic carbocycles. The number of para-hydroxylation sites is 1. The molecular formula is C16H21N3O2. The van der Waals surface area contributed by atoms with Gasteiger partial charge in [0.15, 0.2) is 0 Å². The molecule has 2 heterocycles. The smallest absolute Gasteiger partial charge is 0.261 e. The minimum Gasteiger partial charge on any atom is -0.393 e. The van der Waals surface area contributed by atoms with Crippen LogP contribution in [0, 0.1) is 0 Å². The summed E-state index contributed by atoms with van der Waals surface area (Å²) >= 11 is 0. The molecule has 112 valence electrons. The average molecular weight is 287 g/mol. The Labute approximate surface area is 123 Å². The number of benzene rings is 1.